The number of ether oxygens (including phenoxy) is 3. The van der Waals surface area contributed by atoms with Gasteiger partial charge in [0.25, 0.3) is 0 Å². The molecule has 1 N–H and O–H groups in total. The second kappa shape index (κ2) is 8.66. The van der Waals surface area contributed by atoms with E-state index in [0.717, 1.165) is 31.0 Å². The standard InChI is InChI=1S/C21H27N3O3/c1-5-22-21(24-11-10-16-8-6-7-9-17(16)24)23-14-15-12-18(25-2)20(27-4)19(13-15)26-3/h6-9,12-13H,5,10-11,14H2,1-4H3,(H,22,23). The minimum absolute atomic E-state index is 0.512. The number of hydrogen-bond donors (Lipinski definition) is 1. The zero-order valence-electron chi connectivity index (χ0n) is 16.4. The number of fused-ring (bicyclic) bond motifs is 1. The minimum atomic E-state index is 0.512. The monoisotopic (exact) mass is 369 g/mol. The Balaban J connectivity index is 1.88. The summed E-state index contributed by atoms with van der Waals surface area (Å²) in [6.45, 7) is 4.34. The molecule has 144 valence electrons. The van der Waals surface area contributed by atoms with Crippen LogP contribution in [-0.2, 0) is 13.0 Å². The lowest BCUT2D eigenvalue weighted by molar-refractivity contribution is 0.324. The molecule has 6 heteroatoms. The van der Waals surface area contributed by atoms with Crippen LogP contribution in [0.3, 0.4) is 0 Å². The van der Waals surface area contributed by atoms with Gasteiger partial charge in [-0.25, -0.2) is 4.99 Å². The van der Waals surface area contributed by atoms with E-state index >= 15 is 0 Å². The predicted molar refractivity (Wildman–Crippen MR) is 108 cm³/mol. The van der Waals surface area contributed by atoms with Crippen LogP contribution in [0.1, 0.15) is 18.1 Å². The fourth-order valence-electron chi connectivity index (χ4n) is 3.35. The number of anilines is 1. The SMILES string of the molecule is CCNC(=NCc1cc(OC)c(OC)c(OC)c1)N1CCc2ccccc21. The van der Waals surface area contributed by atoms with Crippen LogP contribution in [0.15, 0.2) is 41.4 Å². The summed E-state index contributed by atoms with van der Waals surface area (Å²) in [4.78, 5) is 7.10. The zero-order chi connectivity index (χ0) is 19.2. The quantitative estimate of drug-likeness (QED) is 0.626. The van der Waals surface area contributed by atoms with Crippen molar-refractivity contribution >= 4 is 11.6 Å². The van der Waals surface area contributed by atoms with E-state index in [0.29, 0.717) is 23.8 Å². The van der Waals surface area contributed by atoms with Crippen LogP contribution >= 0.6 is 0 Å². The lowest BCUT2D eigenvalue weighted by Gasteiger charge is -2.22. The highest BCUT2D eigenvalue weighted by Crippen LogP contribution is 2.38. The van der Waals surface area contributed by atoms with Crippen LogP contribution in [0.25, 0.3) is 0 Å². The Morgan fingerprint density at radius 1 is 1.07 bits per heavy atom. The van der Waals surface area contributed by atoms with Gasteiger partial charge in [0.15, 0.2) is 17.5 Å². The van der Waals surface area contributed by atoms with E-state index in [-0.39, 0.29) is 0 Å². The van der Waals surface area contributed by atoms with Gasteiger partial charge in [0.2, 0.25) is 5.75 Å². The lowest BCUT2D eigenvalue weighted by Crippen LogP contribution is -2.40. The number of guanidine groups is 1. The summed E-state index contributed by atoms with van der Waals surface area (Å²) in [5, 5.41) is 3.40. The first-order valence-corrected chi connectivity index (χ1v) is 9.14. The number of nitrogens with one attached hydrogen (secondary N) is 1. The van der Waals surface area contributed by atoms with Gasteiger partial charge in [0.05, 0.1) is 27.9 Å². The number of para-hydroxylation sites is 1. The molecule has 0 amide bonds. The van der Waals surface area contributed by atoms with E-state index < -0.39 is 0 Å². The largest absolute Gasteiger partial charge is 0.493 e. The summed E-state index contributed by atoms with van der Waals surface area (Å²) >= 11 is 0. The summed E-state index contributed by atoms with van der Waals surface area (Å²) in [5.41, 5.74) is 3.57. The number of hydrogen-bond acceptors (Lipinski definition) is 4. The molecule has 0 saturated carbocycles. The zero-order valence-corrected chi connectivity index (χ0v) is 16.4. The van der Waals surface area contributed by atoms with Gasteiger partial charge in [0, 0.05) is 18.8 Å². The van der Waals surface area contributed by atoms with E-state index in [9.17, 15) is 0 Å². The van der Waals surface area contributed by atoms with Gasteiger partial charge in [-0.15, -0.1) is 0 Å². The van der Waals surface area contributed by atoms with Crippen LogP contribution in [0.2, 0.25) is 0 Å². The van der Waals surface area contributed by atoms with E-state index in [1.54, 1.807) is 21.3 Å². The number of rotatable bonds is 6. The molecule has 0 saturated heterocycles. The van der Waals surface area contributed by atoms with Gasteiger partial charge in [0.1, 0.15) is 0 Å². The Labute approximate surface area is 160 Å². The van der Waals surface area contributed by atoms with Crippen LogP contribution < -0.4 is 24.4 Å². The number of aliphatic imine (C=N–C) groups is 1. The second-order valence-corrected chi connectivity index (χ2v) is 6.23. The Kier molecular flexibility index (Phi) is 6.06. The smallest absolute Gasteiger partial charge is 0.203 e. The van der Waals surface area contributed by atoms with Crippen molar-refractivity contribution in [1.29, 1.82) is 0 Å². The maximum absolute atomic E-state index is 5.44. The summed E-state index contributed by atoms with van der Waals surface area (Å²) in [7, 11) is 4.84. The first-order valence-electron chi connectivity index (χ1n) is 9.14. The summed E-state index contributed by atoms with van der Waals surface area (Å²) < 4.78 is 16.3. The Hall–Kier alpha value is -2.89. The third-order valence-electron chi connectivity index (χ3n) is 4.61. The fourth-order valence-corrected chi connectivity index (χ4v) is 3.35. The molecule has 6 nitrogen and oxygen atoms in total. The molecule has 1 heterocycles. The first kappa shape index (κ1) is 18.9. The Morgan fingerprint density at radius 2 is 1.78 bits per heavy atom. The van der Waals surface area contributed by atoms with Crippen LogP contribution in [-0.4, -0.2) is 40.4 Å². The third kappa shape index (κ3) is 3.94. The lowest BCUT2D eigenvalue weighted by atomic mass is 10.2. The van der Waals surface area contributed by atoms with Crippen molar-refractivity contribution in [2.45, 2.75) is 19.9 Å². The van der Waals surface area contributed by atoms with Crippen molar-refractivity contribution in [3.8, 4) is 17.2 Å². The van der Waals surface area contributed by atoms with Crippen molar-refractivity contribution in [1.82, 2.24) is 5.32 Å². The maximum Gasteiger partial charge on any atom is 0.203 e. The van der Waals surface area contributed by atoms with Crippen molar-refractivity contribution in [2.24, 2.45) is 4.99 Å². The van der Waals surface area contributed by atoms with Crippen LogP contribution in [0.5, 0.6) is 17.2 Å². The molecular weight excluding hydrogens is 342 g/mol. The molecular formula is C21H27N3O3. The van der Waals surface area contributed by atoms with Crippen molar-refractivity contribution in [3.05, 3.63) is 47.5 Å². The molecule has 1 aliphatic heterocycles. The molecule has 1 aliphatic rings. The van der Waals surface area contributed by atoms with E-state index in [1.165, 1.54) is 11.3 Å². The normalized spacial score (nSPS) is 13.3. The van der Waals surface area contributed by atoms with E-state index in [4.69, 9.17) is 19.2 Å². The molecule has 2 aromatic carbocycles. The molecule has 0 spiro atoms. The number of nitrogens with zero attached hydrogens (tertiary/aromatic N) is 2. The summed E-state index contributed by atoms with van der Waals surface area (Å²) in [5.74, 6) is 2.75. The maximum atomic E-state index is 5.44. The third-order valence-corrected chi connectivity index (χ3v) is 4.61. The van der Waals surface area contributed by atoms with Gasteiger partial charge in [-0.2, -0.15) is 0 Å². The first-order chi connectivity index (χ1) is 13.2. The molecule has 0 unspecified atom stereocenters. The van der Waals surface area contributed by atoms with Crippen LogP contribution in [0.4, 0.5) is 5.69 Å². The van der Waals surface area contributed by atoms with Crippen molar-refractivity contribution in [3.63, 3.8) is 0 Å². The Bertz CT molecular complexity index is 795. The molecule has 0 aliphatic carbocycles. The highest BCUT2D eigenvalue weighted by molar-refractivity contribution is 5.97. The number of benzene rings is 2. The van der Waals surface area contributed by atoms with Gasteiger partial charge >= 0.3 is 0 Å². The van der Waals surface area contributed by atoms with Gasteiger partial charge in [-0.05, 0) is 42.7 Å². The average Bonchev–Trinajstić information content (AvgIpc) is 3.14. The molecule has 0 fully saturated rings. The highest BCUT2D eigenvalue weighted by Gasteiger charge is 2.22. The molecule has 0 aromatic heterocycles. The molecule has 2 aromatic rings. The molecule has 0 bridgehead atoms. The molecule has 27 heavy (non-hydrogen) atoms. The van der Waals surface area contributed by atoms with Crippen molar-refractivity contribution < 1.29 is 14.2 Å². The fraction of sp³-hybridized carbons (Fsp3) is 0.381. The van der Waals surface area contributed by atoms with Crippen LogP contribution in [0, 0.1) is 0 Å². The molecule has 0 atom stereocenters. The molecule has 0 radical (unpaired) electrons. The van der Waals surface area contributed by atoms with Gasteiger partial charge in [-0.1, -0.05) is 18.2 Å². The van der Waals surface area contributed by atoms with E-state index in [1.807, 2.05) is 12.1 Å². The van der Waals surface area contributed by atoms with Crippen molar-refractivity contribution in [2.75, 3.05) is 39.3 Å². The van der Waals surface area contributed by atoms with Gasteiger partial charge < -0.3 is 24.4 Å². The summed E-state index contributed by atoms with van der Waals surface area (Å²) in [6.07, 6.45) is 1.03. The minimum Gasteiger partial charge on any atom is -0.493 e. The number of methoxy groups -OCH3 is 3. The molecule has 3 rings (SSSR count). The van der Waals surface area contributed by atoms with E-state index in [2.05, 4.69) is 41.4 Å². The van der Waals surface area contributed by atoms with Gasteiger partial charge in [-0.3, -0.25) is 0 Å². The summed E-state index contributed by atoms with van der Waals surface area (Å²) in [6, 6.07) is 12.4. The second-order valence-electron chi connectivity index (χ2n) is 6.23. The topological polar surface area (TPSA) is 55.3 Å². The predicted octanol–water partition coefficient (Wildman–Crippen LogP) is 3.24. The average molecular weight is 369 g/mol. The highest BCUT2D eigenvalue weighted by atomic mass is 16.5. The Morgan fingerprint density at radius 3 is 2.41 bits per heavy atom.